The van der Waals surface area contributed by atoms with Crippen LogP contribution in [0.1, 0.15) is 5.82 Å². The molecule has 0 saturated carbocycles. The molecule has 0 amide bonds. The van der Waals surface area contributed by atoms with E-state index in [4.69, 9.17) is 0 Å². The number of nitro groups is 1. The van der Waals surface area contributed by atoms with Gasteiger partial charge in [0.2, 0.25) is 0 Å². The maximum absolute atomic E-state index is 11.4. The average Bonchev–Trinajstić information content (AvgIpc) is 3.24. The molecule has 0 atom stereocenters. The summed E-state index contributed by atoms with van der Waals surface area (Å²) in [6, 6.07) is 2.95. The summed E-state index contributed by atoms with van der Waals surface area (Å²) in [5, 5.41) is 19.2. The van der Waals surface area contributed by atoms with Crippen LogP contribution in [0.3, 0.4) is 0 Å². The zero-order valence-corrected chi connectivity index (χ0v) is 12.7. The number of imidazole rings is 1. The van der Waals surface area contributed by atoms with Gasteiger partial charge >= 0.3 is 133 Å². The zero-order chi connectivity index (χ0) is 16.7. The van der Waals surface area contributed by atoms with Crippen LogP contribution < -0.4 is 0 Å². The van der Waals surface area contributed by atoms with Crippen molar-refractivity contribution in [3.63, 3.8) is 0 Å². The second-order valence-electron chi connectivity index (χ2n) is 4.74. The van der Waals surface area contributed by atoms with Gasteiger partial charge in [-0.25, -0.2) is 0 Å². The van der Waals surface area contributed by atoms with Crippen LogP contribution in [-0.2, 0) is 4.57 Å². The summed E-state index contributed by atoms with van der Waals surface area (Å²) >= 11 is 0. The minimum atomic E-state index is -0.484. The van der Waals surface area contributed by atoms with Crippen molar-refractivity contribution in [2.24, 2.45) is 0 Å². The van der Waals surface area contributed by atoms with Crippen molar-refractivity contribution in [2.45, 2.75) is 0 Å². The number of nitro benzene ring substituents is 1. The average molecular weight is 339 g/mol. The Balaban J connectivity index is 2.17. The Kier molecular flexibility index (Phi) is 3.19. The molecule has 0 saturated heterocycles. The summed E-state index contributed by atoms with van der Waals surface area (Å²) in [5.74, 6) is 0.236. The van der Waals surface area contributed by atoms with E-state index in [0.29, 0.717) is 22.4 Å². The van der Waals surface area contributed by atoms with Gasteiger partial charge in [0.15, 0.2) is 0 Å². The molecule has 4 rings (SSSR count). The quantitative estimate of drug-likeness (QED) is 0.311. The third-order valence-electron chi connectivity index (χ3n) is 3.44. The van der Waals surface area contributed by atoms with Crippen molar-refractivity contribution < 1.29 is 9.49 Å². The van der Waals surface area contributed by atoms with Gasteiger partial charge in [-0.05, 0) is 0 Å². The molecule has 0 aliphatic carbocycles. The fourth-order valence-corrected chi connectivity index (χ4v) is 2.68. The molecule has 0 unspecified atom stereocenters. The van der Waals surface area contributed by atoms with Crippen LogP contribution in [0.5, 0.6) is 0 Å². The summed E-state index contributed by atoms with van der Waals surface area (Å²) in [6.45, 7) is 0. The van der Waals surface area contributed by atoms with Crippen LogP contribution in [0.15, 0.2) is 37.1 Å². The number of hydrogen-bond acceptors (Lipinski definition) is 7. The number of benzene rings is 1. The maximum atomic E-state index is 11.4. The van der Waals surface area contributed by atoms with E-state index >= 15 is 0 Å². The standard InChI is InChI=1S/C13H6N7O3P/c21-20(22)11-3-8-9(4-10(11)18-2-1-14-7-18)19-12(5-15-8)16-17-13(19)6-24-23/h1-5,7H. The third-order valence-corrected chi connectivity index (χ3v) is 3.74. The second-order valence-corrected chi connectivity index (χ2v) is 5.14. The molecular weight excluding hydrogens is 333 g/mol. The van der Waals surface area contributed by atoms with E-state index in [1.807, 2.05) is 0 Å². The van der Waals surface area contributed by atoms with E-state index in [9.17, 15) is 14.7 Å². The first-order valence-electron chi connectivity index (χ1n) is 6.58. The Hall–Kier alpha value is -3.35. The zero-order valence-electron chi connectivity index (χ0n) is 11.8. The second kappa shape index (κ2) is 5.38. The molecule has 0 N–H and O–H groups in total. The molecule has 3 aromatic heterocycles. The van der Waals surface area contributed by atoms with Crippen LogP contribution in [0.4, 0.5) is 5.69 Å². The van der Waals surface area contributed by atoms with E-state index in [0.717, 1.165) is 0 Å². The van der Waals surface area contributed by atoms with Crippen molar-refractivity contribution in [3.05, 3.63) is 53.0 Å². The third kappa shape index (κ3) is 2.10. The molecule has 0 fully saturated rings. The Labute approximate surface area is 134 Å². The summed E-state index contributed by atoms with van der Waals surface area (Å²) in [7, 11) is -0.343. The van der Waals surface area contributed by atoms with Gasteiger partial charge in [-0.15, -0.1) is 0 Å². The van der Waals surface area contributed by atoms with Gasteiger partial charge < -0.3 is 0 Å². The Bertz CT molecular complexity index is 1210. The molecule has 1 aromatic carbocycles. The predicted octanol–water partition coefficient (Wildman–Crippen LogP) is 1.97. The van der Waals surface area contributed by atoms with Crippen LogP contribution in [-0.4, -0.2) is 34.1 Å². The van der Waals surface area contributed by atoms with Crippen molar-refractivity contribution in [1.29, 1.82) is 0 Å². The Morgan fingerprint density at radius 1 is 1.29 bits per heavy atom. The number of hydrogen-bond donors (Lipinski definition) is 0. The van der Waals surface area contributed by atoms with Gasteiger partial charge in [0.25, 0.3) is 0 Å². The normalized spacial score (nSPS) is 10.8. The van der Waals surface area contributed by atoms with Gasteiger partial charge in [0.05, 0.1) is 0 Å². The molecule has 116 valence electrons. The van der Waals surface area contributed by atoms with Crippen molar-refractivity contribution in [3.8, 4) is 11.3 Å². The van der Waals surface area contributed by atoms with Gasteiger partial charge in [-0.2, -0.15) is 0 Å². The van der Waals surface area contributed by atoms with Crippen LogP contribution in [0.2, 0.25) is 0 Å². The first-order valence-corrected chi connectivity index (χ1v) is 7.39. The first-order chi connectivity index (χ1) is 11.7. The topological polar surface area (TPSA) is 121 Å². The first kappa shape index (κ1) is 14.3. The molecule has 0 spiro atoms. The van der Waals surface area contributed by atoms with E-state index in [1.54, 1.807) is 16.7 Å². The van der Waals surface area contributed by atoms with Crippen LogP contribution in [0.25, 0.3) is 22.4 Å². The fraction of sp³-hybridized carbons (Fsp3) is 0. The molecular formula is C13H6N7O3P. The van der Waals surface area contributed by atoms with Crippen molar-refractivity contribution in [1.82, 2.24) is 29.1 Å². The summed E-state index contributed by atoms with van der Waals surface area (Å²) in [6.07, 6.45) is 6.02. The number of aromatic nitrogens is 6. The van der Waals surface area contributed by atoms with E-state index in [2.05, 4.69) is 25.8 Å². The van der Waals surface area contributed by atoms with Gasteiger partial charge in [-0.3, -0.25) is 0 Å². The van der Waals surface area contributed by atoms with Crippen molar-refractivity contribution >= 4 is 30.3 Å². The molecule has 3 heterocycles. The van der Waals surface area contributed by atoms with Gasteiger partial charge in [0, 0.05) is 0 Å². The Morgan fingerprint density at radius 2 is 2.17 bits per heavy atom. The molecule has 0 aliphatic rings. The summed E-state index contributed by atoms with van der Waals surface area (Å²) in [4.78, 5) is 19.0. The number of fused-ring (bicyclic) bond motifs is 3. The number of rotatable bonds is 2. The molecule has 0 radical (unpaired) electrons. The van der Waals surface area contributed by atoms with Gasteiger partial charge in [-0.1, -0.05) is 0 Å². The molecule has 0 bridgehead atoms. The monoisotopic (exact) mass is 339 g/mol. The van der Waals surface area contributed by atoms with Crippen LogP contribution in [0, 0.1) is 15.7 Å². The SMILES string of the molecule is O=P#Cc1nnc2cnc3cc([N+](=O)[O-])c(-n4ccnc4)cc3n12. The number of nitrogens with zero attached hydrogens (tertiary/aromatic N) is 7. The molecule has 11 heteroatoms. The summed E-state index contributed by atoms with van der Waals surface area (Å²) < 4.78 is 13.9. The summed E-state index contributed by atoms with van der Waals surface area (Å²) in [5.41, 5.74) is 4.06. The predicted molar refractivity (Wildman–Crippen MR) is 82.7 cm³/mol. The minimum absolute atomic E-state index is 0.114. The van der Waals surface area contributed by atoms with Gasteiger partial charge in [0.1, 0.15) is 0 Å². The van der Waals surface area contributed by atoms with E-state index in [-0.39, 0.29) is 19.4 Å². The molecule has 4 aromatic rings. The Morgan fingerprint density at radius 3 is 2.88 bits per heavy atom. The van der Waals surface area contributed by atoms with Crippen LogP contribution >= 0.6 is 7.92 Å². The molecule has 0 aliphatic heterocycles. The van der Waals surface area contributed by atoms with Crippen molar-refractivity contribution in [2.75, 3.05) is 0 Å². The van der Waals surface area contributed by atoms with E-state index < -0.39 is 4.92 Å². The molecule has 10 nitrogen and oxygen atoms in total. The molecule has 24 heavy (non-hydrogen) atoms. The fourth-order valence-electron chi connectivity index (χ4n) is 2.45. The van der Waals surface area contributed by atoms with E-state index in [1.165, 1.54) is 29.4 Å².